The number of anilines is 1. The normalized spacial score (nSPS) is 10.5. The summed E-state index contributed by atoms with van der Waals surface area (Å²) in [7, 11) is 3.01. The largest absolute Gasteiger partial charge is 0.497 e. The first-order valence-electron chi connectivity index (χ1n) is 10.2. The lowest BCUT2D eigenvalue weighted by molar-refractivity contribution is -0.384. The zero-order chi connectivity index (χ0) is 25.2. The molecule has 2 N–H and O–H groups in total. The van der Waals surface area contributed by atoms with Crippen LogP contribution in [0.5, 0.6) is 17.2 Å². The number of carbonyl (C=O) groups is 2. The minimum atomic E-state index is -0.597. The van der Waals surface area contributed by atoms with Crippen LogP contribution in [0.25, 0.3) is 0 Å². The van der Waals surface area contributed by atoms with E-state index in [2.05, 4.69) is 15.8 Å². The quantitative estimate of drug-likeness (QED) is 0.258. The molecule has 0 unspecified atom stereocenters. The summed E-state index contributed by atoms with van der Waals surface area (Å²) in [5.41, 5.74) is 3.40. The third kappa shape index (κ3) is 7.02. The number of nitro groups is 1. The highest BCUT2D eigenvalue weighted by Gasteiger charge is 2.11. The van der Waals surface area contributed by atoms with Gasteiger partial charge in [0.05, 0.1) is 25.4 Å². The maximum absolute atomic E-state index is 12.2. The number of non-ortho nitro benzene ring substituents is 1. The highest BCUT2D eigenvalue weighted by atomic mass is 16.6. The number of amides is 2. The van der Waals surface area contributed by atoms with E-state index in [0.717, 1.165) is 6.07 Å². The minimum Gasteiger partial charge on any atom is -0.497 e. The molecule has 180 valence electrons. The summed E-state index contributed by atoms with van der Waals surface area (Å²) in [5, 5.41) is 17.4. The molecule has 0 spiro atoms. The van der Waals surface area contributed by atoms with Crippen molar-refractivity contribution in [3.8, 4) is 17.2 Å². The molecule has 0 atom stereocenters. The van der Waals surface area contributed by atoms with Gasteiger partial charge in [-0.15, -0.1) is 0 Å². The van der Waals surface area contributed by atoms with Crippen LogP contribution in [0.2, 0.25) is 0 Å². The van der Waals surface area contributed by atoms with Gasteiger partial charge in [-0.25, -0.2) is 5.43 Å². The van der Waals surface area contributed by atoms with E-state index in [-0.39, 0.29) is 23.8 Å². The number of benzene rings is 3. The van der Waals surface area contributed by atoms with E-state index in [1.54, 1.807) is 49.6 Å². The van der Waals surface area contributed by atoms with Crippen LogP contribution >= 0.6 is 0 Å². The first-order chi connectivity index (χ1) is 16.9. The highest BCUT2D eigenvalue weighted by molar-refractivity contribution is 5.95. The van der Waals surface area contributed by atoms with Gasteiger partial charge in [0.2, 0.25) is 0 Å². The fraction of sp³-hybridized carbons (Fsp3) is 0.125. The molecule has 0 aromatic heterocycles. The van der Waals surface area contributed by atoms with Gasteiger partial charge in [0, 0.05) is 23.4 Å². The van der Waals surface area contributed by atoms with E-state index < -0.39 is 10.8 Å². The Kier molecular flexibility index (Phi) is 8.33. The molecule has 0 fully saturated rings. The summed E-state index contributed by atoms with van der Waals surface area (Å²) in [6, 6.07) is 17.0. The van der Waals surface area contributed by atoms with Gasteiger partial charge >= 0.3 is 0 Å². The molecule has 3 aromatic carbocycles. The Hall–Kier alpha value is -4.93. The molecule has 2 amide bonds. The molecule has 35 heavy (non-hydrogen) atoms. The molecule has 0 aliphatic heterocycles. The van der Waals surface area contributed by atoms with Crippen LogP contribution in [0.4, 0.5) is 11.4 Å². The number of nitro benzene ring substituents is 1. The zero-order valence-electron chi connectivity index (χ0n) is 18.9. The Morgan fingerprint density at radius 3 is 2.46 bits per heavy atom. The molecule has 0 aliphatic carbocycles. The lowest BCUT2D eigenvalue weighted by atomic mass is 10.2. The summed E-state index contributed by atoms with van der Waals surface area (Å²) in [6.45, 7) is -0.241. The molecule has 3 aromatic rings. The Morgan fingerprint density at radius 1 is 1.00 bits per heavy atom. The topological polar surface area (TPSA) is 141 Å². The van der Waals surface area contributed by atoms with E-state index in [4.69, 9.17) is 14.2 Å². The third-order valence-corrected chi connectivity index (χ3v) is 4.62. The molecule has 0 bridgehead atoms. The predicted molar refractivity (Wildman–Crippen MR) is 128 cm³/mol. The number of nitrogens with one attached hydrogen (secondary N) is 2. The highest BCUT2D eigenvalue weighted by Crippen LogP contribution is 2.27. The average Bonchev–Trinajstić information content (AvgIpc) is 2.88. The molecule has 0 radical (unpaired) electrons. The first kappa shape index (κ1) is 24.7. The molecule has 11 heteroatoms. The maximum atomic E-state index is 12.2. The van der Waals surface area contributed by atoms with E-state index in [9.17, 15) is 19.7 Å². The van der Waals surface area contributed by atoms with Gasteiger partial charge in [0.15, 0.2) is 18.1 Å². The molecule has 0 saturated carbocycles. The monoisotopic (exact) mass is 478 g/mol. The van der Waals surface area contributed by atoms with Crippen molar-refractivity contribution < 1.29 is 28.7 Å². The van der Waals surface area contributed by atoms with Gasteiger partial charge in [0.25, 0.3) is 17.5 Å². The predicted octanol–water partition coefficient (Wildman–Crippen LogP) is 3.39. The SMILES string of the molecule is COc1ccc(NC(=O)COc2ccc(C=NNC(=O)c3cccc([N+](=O)[O-])c3)cc2OC)cc1. The fourth-order valence-electron chi connectivity index (χ4n) is 2.89. The van der Waals surface area contributed by atoms with Crippen LogP contribution in [0.3, 0.4) is 0 Å². The van der Waals surface area contributed by atoms with Crippen molar-refractivity contribution in [2.24, 2.45) is 5.10 Å². The second-order valence-corrected chi connectivity index (χ2v) is 6.98. The Morgan fingerprint density at radius 2 is 1.77 bits per heavy atom. The number of ether oxygens (including phenoxy) is 3. The van der Waals surface area contributed by atoms with Crippen LogP contribution in [-0.2, 0) is 4.79 Å². The summed E-state index contributed by atoms with van der Waals surface area (Å²) < 4.78 is 16.0. The van der Waals surface area contributed by atoms with Gasteiger partial charge in [-0.2, -0.15) is 5.10 Å². The molecular weight excluding hydrogens is 456 g/mol. The Balaban J connectivity index is 1.56. The summed E-state index contributed by atoms with van der Waals surface area (Å²) in [5.74, 6) is 0.425. The van der Waals surface area contributed by atoms with Crippen molar-refractivity contribution in [2.45, 2.75) is 0 Å². The van der Waals surface area contributed by atoms with Gasteiger partial charge in [-0.05, 0) is 54.1 Å². The number of nitrogens with zero attached hydrogens (tertiary/aromatic N) is 2. The first-order valence-corrected chi connectivity index (χ1v) is 10.2. The van der Waals surface area contributed by atoms with Crippen molar-refractivity contribution in [2.75, 3.05) is 26.1 Å². The minimum absolute atomic E-state index is 0.102. The Bertz CT molecular complexity index is 1240. The molecular formula is C24H22N4O7. The lowest BCUT2D eigenvalue weighted by Gasteiger charge is -2.11. The van der Waals surface area contributed by atoms with Gasteiger partial charge in [0.1, 0.15) is 5.75 Å². The van der Waals surface area contributed by atoms with Crippen LogP contribution in [-0.4, -0.2) is 43.8 Å². The number of hydrogen-bond donors (Lipinski definition) is 2. The van der Waals surface area contributed by atoms with Crippen molar-refractivity contribution in [3.05, 3.63) is 88.0 Å². The number of hydrazone groups is 1. The van der Waals surface area contributed by atoms with Crippen LogP contribution in [0.15, 0.2) is 71.8 Å². The number of methoxy groups -OCH3 is 2. The fourth-order valence-corrected chi connectivity index (χ4v) is 2.89. The summed E-state index contributed by atoms with van der Waals surface area (Å²) >= 11 is 0. The summed E-state index contributed by atoms with van der Waals surface area (Å²) in [4.78, 5) is 34.6. The molecule has 0 aliphatic rings. The van der Waals surface area contributed by atoms with Crippen LogP contribution < -0.4 is 25.0 Å². The lowest BCUT2D eigenvalue weighted by Crippen LogP contribution is -2.20. The number of hydrogen-bond acceptors (Lipinski definition) is 8. The smallest absolute Gasteiger partial charge is 0.271 e. The van der Waals surface area contributed by atoms with Crippen molar-refractivity contribution in [1.82, 2.24) is 5.43 Å². The average molecular weight is 478 g/mol. The number of rotatable bonds is 10. The molecule has 0 saturated heterocycles. The van der Waals surface area contributed by atoms with Crippen molar-refractivity contribution >= 4 is 29.4 Å². The van der Waals surface area contributed by atoms with Gasteiger partial charge in [-0.1, -0.05) is 6.07 Å². The van der Waals surface area contributed by atoms with E-state index in [1.165, 1.54) is 31.5 Å². The molecule has 11 nitrogen and oxygen atoms in total. The third-order valence-electron chi connectivity index (χ3n) is 4.62. The van der Waals surface area contributed by atoms with Crippen molar-refractivity contribution in [1.29, 1.82) is 0 Å². The van der Waals surface area contributed by atoms with E-state index in [1.807, 2.05) is 0 Å². The standard InChI is InChI=1S/C24H22N4O7/c1-33-20-9-7-18(8-10-20)26-23(29)15-35-21-11-6-16(12-22(21)34-2)14-25-27-24(30)17-4-3-5-19(13-17)28(31)32/h3-14H,15H2,1-2H3,(H,26,29)(H,27,30). The van der Waals surface area contributed by atoms with E-state index in [0.29, 0.717) is 28.5 Å². The molecule has 3 rings (SSSR count). The van der Waals surface area contributed by atoms with Gasteiger partial charge < -0.3 is 19.5 Å². The van der Waals surface area contributed by atoms with Crippen LogP contribution in [0.1, 0.15) is 15.9 Å². The second-order valence-electron chi connectivity index (χ2n) is 6.98. The van der Waals surface area contributed by atoms with Crippen LogP contribution in [0, 0.1) is 10.1 Å². The number of carbonyl (C=O) groups excluding carboxylic acids is 2. The second kappa shape index (κ2) is 11.8. The summed E-state index contributed by atoms with van der Waals surface area (Å²) in [6.07, 6.45) is 1.37. The molecule has 0 heterocycles. The van der Waals surface area contributed by atoms with Crippen molar-refractivity contribution in [3.63, 3.8) is 0 Å². The Labute approximate surface area is 200 Å². The zero-order valence-corrected chi connectivity index (χ0v) is 18.9. The van der Waals surface area contributed by atoms with E-state index >= 15 is 0 Å². The maximum Gasteiger partial charge on any atom is 0.271 e. The van der Waals surface area contributed by atoms with Gasteiger partial charge in [-0.3, -0.25) is 19.7 Å².